The standard InChI is InChI=1S/C26H22F2N8/c1-29-21-12-19-20(13-23(21)34(2)3)32-25(31-19)17-14-30-36-10-8-24(33-26(17)36)35-9-4-5-22(35)16-11-15(27)6-7-18(16)28/h6-8,10-14,22H,4-5,9H2,2-3H3,(H,31,32)/t22-/m1/s1. The topological polar surface area (TPSA) is 69.7 Å². The summed E-state index contributed by atoms with van der Waals surface area (Å²) in [4.78, 5) is 20.5. The number of aromatic nitrogens is 5. The monoisotopic (exact) mass is 484 g/mol. The number of benzene rings is 2. The van der Waals surface area contributed by atoms with E-state index in [0.717, 1.165) is 29.2 Å². The number of halogens is 2. The van der Waals surface area contributed by atoms with Gasteiger partial charge in [0.25, 0.3) is 0 Å². The molecule has 1 aliphatic heterocycles. The summed E-state index contributed by atoms with van der Waals surface area (Å²) in [7, 11) is 3.78. The van der Waals surface area contributed by atoms with E-state index in [9.17, 15) is 8.78 Å². The number of anilines is 2. The zero-order chi connectivity index (χ0) is 25.0. The van der Waals surface area contributed by atoms with Crippen LogP contribution >= 0.6 is 0 Å². The summed E-state index contributed by atoms with van der Waals surface area (Å²) in [5.41, 5.74) is 4.45. The smallest absolute Gasteiger partial charge is 0.211 e. The maximum atomic E-state index is 14.6. The van der Waals surface area contributed by atoms with Gasteiger partial charge < -0.3 is 14.8 Å². The molecular formula is C26H22F2N8. The van der Waals surface area contributed by atoms with Crippen molar-refractivity contribution >= 4 is 33.9 Å². The third-order valence-electron chi connectivity index (χ3n) is 6.65. The zero-order valence-electron chi connectivity index (χ0n) is 19.7. The van der Waals surface area contributed by atoms with Crippen LogP contribution in [0, 0.1) is 18.2 Å². The lowest BCUT2D eigenvalue weighted by Crippen LogP contribution is -2.24. The van der Waals surface area contributed by atoms with Crippen molar-refractivity contribution in [2.24, 2.45) is 0 Å². The Hall–Kier alpha value is -4.52. The van der Waals surface area contributed by atoms with Crippen molar-refractivity contribution in [2.45, 2.75) is 18.9 Å². The number of imidazole rings is 1. The summed E-state index contributed by atoms with van der Waals surface area (Å²) in [6, 6.07) is 8.80. The van der Waals surface area contributed by atoms with Crippen LogP contribution in [0.3, 0.4) is 0 Å². The Morgan fingerprint density at radius 2 is 2.00 bits per heavy atom. The van der Waals surface area contributed by atoms with E-state index >= 15 is 0 Å². The first kappa shape index (κ1) is 22.0. The third-order valence-corrected chi connectivity index (χ3v) is 6.65. The highest BCUT2D eigenvalue weighted by Gasteiger charge is 2.30. The molecule has 0 amide bonds. The Morgan fingerprint density at radius 3 is 2.81 bits per heavy atom. The van der Waals surface area contributed by atoms with Crippen molar-refractivity contribution in [3.05, 3.63) is 77.4 Å². The Balaban J connectivity index is 1.42. The molecule has 0 unspecified atom stereocenters. The molecule has 0 spiro atoms. The molecule has 1 N–H and O–H groups in total. The molecule has 1 fully saturated rings. The summed E-state index contributed by atoms with van der Waals surface area (Å²) < 4.78 is 30.1. The molecule has 0 aliphatic carbocycles. The largest absolute Gasteiger partial charge is 0.386 e. The van der Waals surface area contributed by atoms with Gasteiger partial charge in [-0.05, 0) is 49.2 Å². The van der Waals surface area contributed by atoms with Gasteiger partial charge in [-0.2, -0.15) is 5.10 Å². The van der Waals surface area contributed by atoms with Crippen LogP contribution in [0.4, 0.5) is 26.0 Å². The Bertz CT molecular complexity index is 1660. The number of rotatable bonds is 4. The SMILES string of the molecule is [C-]#[N+]c1cc2[nH]c(-c3cnn4ccc(N5CCC[C@@H]5c5cc(F)ccc5F)nc34)nc2cc1N(C)C. The highest BCUT2D eigenvalue weighted by Crippen LogP contribution is 2.38. The number of aromatic amines is 1. The summed E-state index contributed by atoms with van der Waals surface area (Å²) >= 11 is 0. The molecule has 1 atom stereocenters. The zero-order valence-corrected chi connectivity index (χ0v) is 19.7. The lowest BCUT2D eigenvalue weighted by atomic mass is 10.0. The molecule has 3 aromatic heterocycles. The van der Waals surface area contributed by atoms with Crippen molar-refractivity contribution in [3.63, 3.8) is 0 Å². The molecule has 2 aromatic carbocycles. The van der Waals surface area contributed by atoms with Gasteiger partial charge in [0.15, 0.2) is 5.65 Å². The van der Waals surface area contributed by atoms with E-state index in [2.05, 4.69) is 14.9 Å². The molecule has 4 heterocycles. The number of nitrogens with zero attached hydrogens (tertiary/aromatic N) is 7. The first-order chi connectivity index (χ1) is 17.4. The fourth-order valence-electron chi connectivity index (χ4n) is 4.93. The Labute approximate surface area is 205 Å². The lowest BCUT2D eigenvalue weighted by Gasteiger charge is -2.26. The minimum Gasteiger partial charge on any atom is -0.386 e. The van der Waals surface area contributed by atoms with Gasteiger partial charge in [-0.3, -0.25) is 0 Å². The molecule has 8 nitrogen and oxygen atoms in total. The van der Waals surface area contributed by atoms with E-state index in [-0.39, 0.29) is 6.04 Å². The van der Waals surface area contributed by atoms with Crippen molar-refractivity contribution in [1.82, 2.24) is 24.6 Å². The molecule has 0 saturated carbocycles. The summed E-state index contributed by atoms with van der Waals surface area (Å²) in [5.74, 6) is 0.378. The molecule has 1 saturated heterocycles. The van der Waals surface area contributed by atoms with Gasteiger partial charge in [0, 0.05) is 38.1 Å². The van der Waals surface area contributed by atoms with Crippen LogP contribution in [-0.2, 0) is 0 Å². The van der Waals surface area contributed by atoms with Crippen LogP contribution in [0.15, 0.2) is 48.8 Å². The summed E-state index contributed by atoms with van der Waals surface area (Å²) in [6.45, 7) is 8.19. The van der Waals surface area contributed by atoms with Crippen LogP contribution in [-0.4, -0.2) is 45.2 Å². The molecule has 1 aliphatic rings. The molecular weight excluding hydrogens is 462 g/mol. The maximum Gasteiger partial charge on any atom is 0.211 e. The van der Waals surface area contributed by atoms with Crippen molar-refractivity contribution in [1.29, 1.82) is 0 Å². The third kappa shape index (κ3) is 3.51. The normalized spacial score (nSPS) is 15.6. The number of nitrogens with one attached hydrogen (secondary N) is 1. The van der Waals surface area contributed by atoms with Crippen molar-refractivity contribution in [3.8, 4) is 11.4 Å². The fraction of sp³-hybridized carbons (Fsp3) is 0.231. The average Bonchev–Trinajstić information content (AvgIpc) is 3.61. The molecule has 180 valence electrons. The highest BCUT2D eigenvalue weighted by molar-refractivity contribution is 5.91. The van der Waals surface area contributed by atoms with Gasteiger partial charge in [-0.15, -0.1) is 0 Å². The van der Waals surface area contributed by atoms with E-state index in [0.29, 0.717) is 47.1 Å². The minimum atomic E-state index is -0.455. The van der Waals surface area contributed by atoms with Gasteiger partial charge in [0.2, 0.25) is 5.69 Å². The number of fused-ring (bicyclic) bond motifs is 2. The second kappa shape index (κ2) is 8.30. The van der Waals surface area contributed by atoms with Crippen molar-refractivity contribution < 1.29 is 8.78 Å². The average molecular weight is 485 g/mol. The van der Waals surface area contributed by atoms with Crippen LogP contribution in [0.5, 0.6) is 0 Å². The predicted molar refractivity (Wildman–Crippen MR) is 134 cm³/mol. The van der Waals surface area contributed by atoms with E-state index < -0.39 is 11.6 Å². The summed E-state index contributed by atoms with van der Waals surface area (Å²) in [5, 5.41) is 4.42. The van der Waals surface area contributed by atoms with Crippen LogP contribution < -0.4 is 9.80 Å². The number of H-pyrrole nitrogens is 1. The molecule has 0 radical (unpaired) electrons. The second-order valence-corrected chi connectivity index (χ2v) is 9.08. The lowest BCUT2D eigenvalue weighted by molar-refractivity contribution is 0.560. The predicted octanol–water partition coefficient (Wildman–Crippen LogP) is 5.51. The van der Waals surface area contributed by atoms with Gasteiger partial charge in [-0.25, -0.2) is 28.1 Å². The van der Waals surface area contributed by atoms with Gasteiger partial charge in [0.1, 0.15) is 23.3 Å². The molecule has 6 rings (SSSR count). The number of hydrogen-bond acceptors (Lipinski definition) is 5. The first-order valence-electron chi connectivity index (χ1n) is 11.6. The second-order valence-electron chi connectivity index (χ2n) is 9.08. The van der Waals surface area contributed by atoms with E-state index in [1.165, 1.54) is 12.1 Å². The molecule has 5 aromatic rings. The van der Waals surface area contributed by atoms with Crippen LogP contribution in [0.1, 0.15) is 24.4 Å². The van der Waals surface area contributed by atoms with E-state index in [4.69, 9.17) is 16.5 Å². The highest BCUT2D eigenvalue weighted by atomic mass is 19.1. The van der Waals surface area contributed by atoms with E-state index in [1.807, 2.05) is 42.2 Å². The van der Waals surface area contributed by atoms with Gasteiger partial charge >= 0.3 is 0 Å². The quantitative estimate of drug-likeness (QED) is 0.341. The Morgan fingerprint density at radius 1 is 1.14 bits per heavy atom. The fourth-order valence-corrected chi connectivity index (χ4v) is 4.93. The summed E-state index contributed by atoms with van der Waals surface area (Å²) in [6.07, 6.45) is 5.06. The first-order valence-corrected chi connectivity index (χ1v) is 11.6. The molecule has 0 bridgehead atoms. The van der Waals surface area contributed by atoms with Crippen LogP contribution in [0.25, 0.3) is 32.9 Å². The number of hydrogen-bond donors (Lipinski definition) is 1. The van der Waals surface area contributed by atoms with E-state index in [1.54, 1.807) is 16.8 Å². The molecule has 10 heteroatoms. The maximum absolute atomic E-state index is 14.6. The minimum absolute atomic E-state index is 0.301. The van der Waals surface area contributed by atoms with Crippen molar-refractivity contribution in [2.75, 3.05) is 30.4 Å². The van der Waals surface area contributed by atoms with Gasteiger partial charge in [-0.1, -0.05) is 0 Å². The van der Waals surface area contributed by atoms with Crippen LogP contribution in [0.2, 0.25) is 0 Å². The molecule has 36 heavy (non-hydrogen) atoms. The van der Waals surface area contributed by atoms with Gasteiger partial charge in [0.05, 0.1) is 35.4 Å². The Kier molecular flexibility index (Phi) is 5.07.